The highest BCUT2D eigenvalue weighted by atomic mass is 28.1. The van der Waals surface area contributed by atoms with Gasteiger partial charge in [0.25, 0.3) is 5.97 Å². The van der Waals surface area contributed by atoms with E-state index in [2.05, 4.69) is 6.92 Å². The Labute approximate surface area is 116 Å². The molecule has 0 fully saturated rings. The lowest BCUT2D eigenvalue weighted by molar-refractivity contribution is -0.379. The Morgan fingerprint density at radius 1 is 0.833 bits per heavy atom. The van der Waals surface area contributed by atoms with Crippen LogP contribution in [0.1, 0.15) is 59.8 Å². The second kappa shape index (κ2) is 11.0. The van der Waals surface area contributed by atoms with Crippen LogP contribution in [0.25, 0.3) is 0 Å². The van der Waals surface area contributed by atoms with Gasteiger partial charge in [0.2, 0.25) is 0 Å². The number of unbranched alkanes of at least 4 members (excludes halogenated alkanes) is 3. The van der Waals surface area contributed by atoms with Crippen molar-refractivity contribution >= 4 is 10.2 Å². The van der Waals surface area contributed by atoms with Gasteiger partial charge in [-0.3, -0.25) is 0 Å². The van der Waals surface area contributed by atoms with Gasteiger partial charge in [-0.2, -0.15) is 0 Å². The van der Waals surface area contributed by atoms with Gasteiger partial charge >= 0.3 is 0 Å². The molecule has 4 heteroatoms. The van der Waals surface area contributed by atoms with Crippen LogP contribution in [0.4, 0.5) is 0 Å². The summed E-state index contributed by atoms with van der Waals surface area (Å²) in [6.07, 6.45) is 6.29. The number of ether oxygens (including phenoxy) is 3. The fourth-order valence-corrected chi connectivity index (χ4v) is 3.12. The van der Waals surface area contributed by atoms with Crippen LogP contribution < -0.4 is 0 Å². The standard InChI is InChI=1S/C14H32O3Si/c1-5-9-10-11-12-13(18)14(15-6-2,16-7-3)17-8-4/h13H,5-12H2,1-4,18H3/t13-/m0/s1. The lowest BCUT2D eigenvalue weighted by atomic mass is 10.1. The fraction of sp³-hybridized carbons (Fsp3) is 1.00. The van der Waals surface area contributed by atoms with E-state index in [-0.39, 0.29) is 0 Å². The van der Waals surface area contributed by atoms with Gasteiger partial charge in [0, 0.05) is 35.6 Å². The molecule has 0 saturated carbocycles. The summed E-state index contributed by atoms with van der Waals surface area (Å²) < 4.78 is 17.5. The maximum atomic E-state index is 5.82. The zero-order valence-electron chi connectivity index (χ0n) is 13.0. The van der Waals surface area contributed by atoms with Gasteiger partial charge in [-0.15, -0.1) is 0 Å². The Bertz CT molecular complexity index is 171. The van der Waals surface area contributed by atoms with Gasteiger partial charge in [0.05, 0.1) is 0 Å². The smallest absolute Gasteiger partial charge is 0.282 e. The van der Waals surface area contributed by atoms with Crippen LogP contribution in [0, 0.1) is 0 Å². The van der Waals surface area contributed by atoms with E-state index in [0.717, 1.165) is 16.7 Å². The molecule has 0 saturated heterocycles. The van der Waals surface area contributed by atoms with Crippen molar-refractivity contribution in [2.75, 3.05) is 19.8 Å². The van der Waals surface area contributed by atoms with Crippen molar-refractivity contribution < 1.29 is 14.2 Å². The van der Waals surface area contributed by atoms with Crippen molar-refractivity contribution in [2.24, 2.45) is 0 Å². The van der Waals surface area contributed by atoms with Crippen molar-refractivity contribution in [3.63, 3.8) is 0 Å². The van der Waals surface area contributed by atoms with Crippen LogP contribution in [0.15, 0.2) is 0 Å². The molecule has 0 N–H and O–H groups in total. The van der Waals surface area contributed by atoms with E-state index in [1.165, 1.54) is 25.7 Å². The Hall–Kier alpha value is 0.0969. The molecule has 0 aliphatic heterocycles. The minimum Gasteiger partial charge on any atom is -0.328 e. The molecule has 110 valence electrons. The Morgan fingerprint density at radius 3 is 1.72 bits per heavy atom. The van der Waals surface area contributed by atoms with Crippen molar-refractivity contribution in [1.82, 2.24) is 0 Å². The number of rotatable bonds is 12. The third-order valence-corrected chi connectivity index (χ3v) is 4.42. The molecule has 0 rings (SSSR count). The first kappa shape index (κ1) is 18.1. The molecule has 0 bridgehead atoms. The third kappa shape index (κ3) is 6.32. The third-order valence-electron chi connectivity index (χ3n) is 3.13. The molecule has 0 heterocycles. The molecule has 0 amide bonds. The predicted octanol–water partition coefficient (Wildman–Crippen LogP) is 2.87. The van der Waals surface area contributed by atoms with E-state index in [9.17, 15) is 0 Å². The maximum absolute atomic E-state index is 5.82. The zero-order chi connectivity index (χ0) is 13.9. The van der Waals surface area contributed by atoms with Crippen molar-refractivity contribution in [3.8, 4) is 0 Å². The average Bonchev–Trinajstić information content (AvgIpc) is 2.35. The van der Waals surface area contributed by atoms with Crippen LogP contribution >= 0.6 is 0 Å². The summed E-state index contributed by atoms with van der Waals surface area (Å²) in [4.78, 5) is 0. The average molecular weight is 276 g/mol. The molecular weight excluding hydrogens is 244 g/mol. The topological polar surface area (TPSA) is 27.7 Å². The highest BCUT2D eigenvalue weighted by Crippen LogP contribution is 2.32. The van der Waals surface area contributed by atoms with Gasteiger partial charge < -0.3 is 14.2 Å². The molecule has 0 aliphatic carbocycles. The first-order valence-corrected chi connectivity index (χ1v) is 8.74. The summed E-state index contributed by atoms with van der Waals surface area (Å²) in [5.41, 5.74) is 0.397. The van der Waals surface area contributed by atoms with Crippen LogP contribution in [-0.4, -0.2) is 36.0 Å². The minimum atomic E-state index is -0.781. The molecular formula is C14H32O3Si. The molecule has 0 unspecified atom stereocenters. The van der Waals surface area contributed by atoms with Crippen LogP contribution in [0.5, 0.6) is 0 Å². The van der Waals surface area contributed by atoms with E-state index in [1.807, 2.05) is 20.8 Å². The Kier molecular flexibility index (Phi) is 11.0. The van der Waals surface area contributed by atoms with Gasteiger partial charge in [-0.05, 0) is 27.2 Å². The van der Waals surface area contributed by atoms with Crippen molar-refractivity contribution in [2.45, 2.75) is 71.3 Å². The van der Waals surface area contributed by atoms with E-state index in [1.54, 1.807) is 0 Å². The lowest BCUT2D eigenvalue weighted by Gasteiger charge is -2.37. The molecule has 18 heavy (non-hydrogen) atoms. The largest absolute Gasteiger partial charge is 0.328 e. The second-order valence-corrected chi connectivity index (χ2v) is 6.05. The molecule has 0 aliphatic rings. The highest BCUT2D eigenvalue weighted by Gasteiger charge is 2.38. The highest BCUT2D eigenvalue weighted by molar-refractivity contribution is 6.12. The van der Waals surface area contributed by atoms with E-state index < -0.39 is 5.97 Å². The van der Waals surface area contributed by atoms with Crippen molar-refractivity contribution in [1.29, 1.82) is 0 Å². The molecule has 1 atom stereocenters. The summed E-state index contributed by atoms with van der Waals surface area (Å²) in [6, 6.07) is 0. The van der Waals surface area contributed by atoms with E-state index >= 15 is 0 Å². The summed E-state index contributed by atoms with van der Waals surface area (Å²) in [5.74, 6) is -0.781. The SMILES string of the molecule is CCCCCC[C@H]([SiH3])C(OCC)(OCC)OCC. The molecule has 0 spiro atoms. The minimum absolute atomic E-state index is 0.397. The van der Waals surface area contributed by atoms with Crippen LogP contribution in [0.3, 0.4) is 0 Å². The summed E-state index contributed by atoms with van der Waals surface area (Å²) >= 11 is 0. The van der Waals surface area contributed by atoms with E-state index in [0.29, 0.717) is 25.4 Å². The summed E-state index contributed by atoms with van der Waals surface area (Å²) in [5, 5.41) is 0. The van der Waals surface area contributed by atoms with Crippen LogP contribution in [-0.2, 0) is 14.2 Å². The summed E-state index contributed by atoms with van der Waals surface area (Å²) in [7, 11) is 1.03. The maximum Gasteiger partial charge on any atom is 0.282 e. The zero-order valence-corrected chi connectivity index (χ0v) is 15.0. The fourth-order valence-electron chi connectivity index (χ4n) is 2.21. The van der Waals surface area contributed by atoms with Gasteiger partial charge in [0.15, 0.2) is 0 Å². The van der Waals surface area contributed by atoms with Gasteiger partial charge in [0.1, 0.15) is 0 Å². The molecule has 0 radical (unpaired) electrons. The number of hydrogen-bond donors (Lipinski definition) is 0. The second-order valence-electron chi connectivity index (χ2n) is 4.65. The Balaban J connectivity index is 4.39. The number of hydrogen-bond acceptors (Lipinski definition) is 3. The molecule has 0 aromatic rings. The molecule has 3 nitrogen and oxygen atoms in total. The lowest BCUT2D eigenvalue weighted by Crippen LogP contribution is -2.44. The Morgan fingerprint density at radius 2 is 1.33 bits per heavy atom. The van der Waals surface area contributed by atoms with Gasteiger partial charge in [-0.25, -0.2) is 0 Å². The van der Waals surface area contributed by atoms with Crippen LogP contribution in [0.2, 0.25) is 5.54 Å². The van der Waals surface area contributed by atoms with Crippen molar-refractivity contribution in [3.05, 3.63) is 0 Å². The molecule has 0 aromatic heterocycles. The predicted molar refractivity (Wildman–Crippen MR) is 80.1 cm³/mol. The monoisotopic (exact) mass is 276 g/mol. The van der Waals surface area contributed by atoms with Gasteiger partial charge in [-0.1, -0.05) is 32.6 Å². The van der Waals surface area contributed by atoms with E-state index in [4.69, 9.17) is 14.2 Å². The summed E-state index contributed by atoms with van der Waals surface area (Å²) in [6.45, 7) is 10.1. The first-order valence-electron chi connectivity index (χ1n) is 7.58. The molecule has 0 aromatic carbocycles. The quantitative estimate of drug-likeness (QED) is 0.312. The first-order chi connectivity index (χ1) is 8.66. The normalized spacial score (nSPS) is 14.0.